The summed E-state index contributed by atoms with van der Waals surface area (Å²) in [6, 6.07) is 53.5. The molecule has 3 aromatic heterocycles. The lowest BCUT2D eigenvalue weighted by Gasteiger charge is -2.14. The second-order valence-corrected chi connectivity index (χ2v) is 11.3. The molecule has 0 saturated heterocycles. The van der Waals surface area contributed by atoms with Gasteiger partial charge in [-0.25, -0.2) is 0 Å². The maximum absolute atomic E-state index is 2.53. The van der Waals surface area contributed by atoms with Crippen molar-refractivity contribution in [2.75, 3.05) is 0 Å². The summed E-state index contributed by atoms with van der Waals surface area (Å²) >= 11 is 0. The zero-order chi connectivity index (χ0) is 27.4. The second-order valence-electron chi connectivity index (χ2n) is 11.3. The van der Waals surface area contributed by atoms with Gasteiger partial charge in [-0.2, -0.15) is 0 Å². The second kappa shape index (κ2) is 7.99. The molecule has 0 unspecified atom stereocenters. The van der Waals surface area contributed by atoms with E-state index in [1.807, 2.05) is 0 Å². The van der Waals surface area contributed by atoms with Crippen molar-refractivity contribution >= 4 is 70.7 Å². The van der Waals surface area contributed by atoms with Crippen LogP contribution in [0, 0.1) is 0 Å². The normalized spacial score (nSPS) is 12.3. The van der Waals surface area contributed by atoms with Crippen LogP contribution < -0.4 is 0 Å². The molecular weight excluding hydrogens is 508 g/mol. The number of aromatic nitrogens is 2. The van der Waals surface area contributed by atoms with Crippen LogP contribution in [0.3, 0.4) is 0 Å². The van der Waals surface area contributed by atoms with Crippen molar-refractivity contribution in [1.82, 2.24) is 8.97 Å². The fourth-order valence-corrected chi connectivity index (χ4v) is 7.49. The Morgan fingerprint density at radius 1 is 0.381 bits per heavy atom. The molecule has 0 aliphatic heterocycles. The quantitative estimate of drug-likeness (QED) is 0.209. The molecule has 7 aromatic carbocycles. The SMILES string of the molecule is c1ccc(-c2ccccc2-n2c3cccc4c5cc6ccccc6cc5n5c6ccccc6c6ccc2c(c43)c65)cc1. The number of hydrogen-bond acceptors (Lipinski definition) is 0. The van der Waals surface area contributed by atoms with Gasteiger partial charge in [0.15, 0.2) is 0 Å². The lowest BCUT2D eigenvalue weighted by atomic mass is 10.0. The fourth-order valence-electron chi connectivity index (χ4n) is 7.49. The van der Waals surface area contributed by atoms with Crippen LogP contribution in [0.1, 0.15) is 0 Å². The van der Waals surface area contributed by atoms with Gasteiger partial charge in [-0.15, -0.1) is 0 Å². The average Bonchev–Trinajstić information content (AvgIpc) is 3.53. The zero-order valence-electron chi connectivity index (χ0n) is 22.8. The molecule has 42 heavy (non-hydrogen) atoms. The van der Waals surface area contributed by atoms with Crippen LogP contribution in [0.15, 0.2) is 146 Å². The number of nitrogens with zero attached hydrogens (tertiary/aromatic N) is 2. The maximum atomic E-state index is 2.53. The highest BCUT2D eigenvalue weighted by molar-refractivity contribution is 6.33. The molecule has 10 aromatic rings. The van der Waals surface area contributed by atoms with E-state index >= 15 is 0 Å². The Hall–Kier alpha value is -5.60. The van der Waals surface area contributed by atoms with E-state index in [0.717, 1.165) is 0 Å². The van der Waals surface area contributed by atoms with Crippen LogP contribution in [-0.4, -0.2) is 8.97 Å². The van der Waals surface area contributed by atoms with Crippen LogP contribution in [0.2, 0.25) is 0 Å². The summed E-state index contributed by atoms with van der Waals surface area (Å²) in [5.74, 6) is 0. The summed E-state index contributed by atoms with van der Waals surface area (Å²) in [7, 11) is 0. The van der Waals surface area contributed by atoms with Gasteiger partial charge in [0.25, 0.3) is 0 Å². The van der Waals surface area contributed by atoms with Crippen molar-refractivity contribution in [3.05, 3.63) is 146 Å². The van der Waals surface area contributed by atoms with E-state index in [-0.39, 0.29) is 0 Å². The highest BCUT2D eigenvalue weighted by atomic mass is 15.0. The van der Waals surface area contributed by atoms with Crippen molar-refractivity contribution in [3.63, 3.8) is 0 Å². The van der Waals surface area contributed by atoms with Gasteiger partial charge >= 0.3 is 0 Å². The smallest absolute Gasteiger partial charge is 0.0641 e. The number of hydrogen-bond donors (Lipinski definition) is 0. The largest absolute Gasteiger partial charge is 0.309 e. The summed E-state index contributed by atoms with van der Waals surface area (Å²) < 4.78 is 5.02. The van der Waals surface area contributed by atoms with Crippen molar-refractivity contribution < 1.29 is 0 Å². The Morgan fingerprint density at radius 2 is 1.07 bits per heavy atom. The van der Waals surface area contributed by atoms with E-state index < -0.39 is 0 Å². The Bertz CT molecular complexity index is 2670. The van der Waals surface area contributed by atoms with E-state index in [0.29, 0.717) is 0 Å². The highest BCUT2D eigenvalue weighted by Crippen LogP contribution is 2.46. The van der Waals surface area contributed by atoms with Gasteiger partial charge < -0.3 is 8.97 Å². The molecule has 0 aliphatic carbocycles. The number of para-hydroxylation sites is 2. The lowest BCUT2D eigenvalue weighted by molar-refractivity contribution is 1.18. The Labute approximate surface area is 241 Å². The van der Waals surface area contributed by atoms with Gasteiger partial charge in [0.1, 0.15) is 0 Å². The Morgan fingerprint density at radius 3 is 1.98 bits per heavy atom. The predicted octanol–water partition coefficient (Wildman–Crippen LogP) is 10.8. The first-order valence-corrected chi connectivity index (χ1v) is 14.5. The average molecular weight is 533 g/mol. The van der Waals surface area contributed by atoms with E-state index in [1.54, 1.807) is 0 Å². The minimum atomic E-state index is 1.20. The first-order chi connectivity index (χ1) is 20.9. The molecule has 0 atom stereocenters. The van der Waals surface area contributed by atoms with Crippen LogP contribution in [0.25, 0.3) is 87.5 Å². The summed E-state index contributed by atoms with van der Waals surface area (Å²) in [6.45, 7) is 0. The van der Waals surface area contributed by atoms with Crippen molar-refractivity contribution in [3.8, 4) is 16.8 Å². The highest BCUT2D eigenvalue weighted by Gasteiger charge is 2.23. The van der Waals surface area contributed by atoms with Gasteiger partial charge in [0.05, 0.1) is 33.3 Å². The van der Waals surface area contributed by atoms with Crippen LogP contribution in [-0.2, 0) is 0 Å². The molecule has 0 radical (unpaired) electrons. The Balaban J connectivity index is 1.52. The minimum Gasteiger partial charge on any atom is -0.309 e. The van der Waals surface area contributed by atoms with E-state index in [2.05, 4.69) is 155 Å². The predicted molar refractivity (Wildman–Crippen MR) is 178 cm³/mol. The van der Waals surface area contributed by atoms with Gasteiger partial charge in [-0.3, -0.25) is 0 Å². The molecule has 0 amide bonds. The summed E-state index contributed by atoms with van der Waals surface area (Å²) in [4.78, 5) is 0. The minimum absolute atomic E-state index is 1.20. The molecule has 10 rings (SSSR count). The first-order valence-electron chi connectivity index (χ1n) is 14.5. The third-order valence-corrected chi connectivity index (χ3v) is 9.21. The Kier molecular flexibility index (Phi) is 4.21. The van der Waals surface area contributed by atoms with Crippen LogP contribution in [0.4, 0.5) is 0 Å². The molecule has 0 saturated carbocycles. The molecular formula is C40H24N2. The van der Waals surface area contributed by atoms with Crippen molar-refractivity contribution in [2.24, 2.45) is 0 Å². The molecule has 0 aliphatic rings. The van der Waals surface area contributed by atoms with Gasteiger partial charge in [0.2, 0.25) is 0 Å². The summed E-state index contributed by atoms with van der Waals surface area (Å²) in [6.07, 6.45) is 0. The maximum Gasteiger partial charge on any atom is 0.0641 e. The first kappa shape index (κ1) is 22.1. The number of rotatable bonds is 2. The van der Waals surface area contributed by atoms with Crippen molar-refractivity contribution in [2.45, 2.75) is 0 Å². The molecule has 2 nitrogen and oxygen atoms in total. The monoisotopic (exact) mass is 532 g/mol. The fraction of sp³-hybridized carbons (Fsp3) is 0. The molecule has 2 heteroatoms. The van der Waals surface area contributed by atoms with Gasteiger partial charge in [-0.05, 0) is 58.1 Å². The summed E-state index contributed by atoms with van der Waals surface area (Å²) in [5, 5.41) is 10.3. The molecule has 0 bridgehead atoms. The number of benzene rings is 7. The third kappa shape index (κ3) is 2.74. The molecule has 3 heterocycles. The van der Waals surface area contributed by atoms with E-state index in [9.17, 15) is 0 Å². The van der Waals surface area contributed by atoms with E-state index in [4.69, 9.17) is 0 Å². The van der Waals surface area contributed by atoms with Gasteiger partial charge in [-0.1, -0.05) is 109 Å². The van der Waals surface area contributed by atoms with E-state index in [1.165, 1.54) is 87.5 Å². The van der Waals surface area contributed by atoms with Crippen LogP contribution >= 0.6 is 0 Å². The molecule has 0 N–H and O–H groups in total. The molecule has 194 valence electrons. The standard InChI is InChI=1S/C40H24N2/c1-2-11-25(12-3-1)28-15-6-8-18-33(28)41-35-20-10-17-30-32-23-26-13-4-5-14-27(26)24-37(32)42-34-19-9-7-16-29(34)31-21-22-36(41)39(38(30)35)40(31)42/h1-24H. The van der Waals surface area contributed by atoms with Crippen LogP contribution in [0.5, 0.6) is 0 Å². The summed E-state index contributed by atoms with van der Waals surface area (Å²) in [5.41, 5.74) is 9.89. The molecule has 0 spiro atoms. The lowest BCUT2D eigenvalue weighted by Crippen LogP contribution is -1.97. The van der Waals surface area contributed by atoms with Crippen molar-refractivity contribution in [1.29, 1.82) is 0 Å². The number of fused-ring (bicyclic) bond motifs is 7. The third-order valence-electron chi connectivity index (χ3n) is 9.21. The van der Waals surface area contributed by atoms with Gasteiger partial charge in [0, 0.05) is 32.5 Å². The molecule has 0 fully saturated rings. The topological polar surface area (TPSA) is 9.34 Å². The zero-order valence-corrected chi connectivity index (χ0v) is 22.8.